The highest BCUT2D eigenvalue weighted by Crippen LogP contribution is 2.34. The molecule has 0 spiro atoms. The number of carbonyl (C=O) groups excluding carboxylic acids is 1. The van der Waals surface area contributed by atoms with Crippen molar-refractivity contribution in [2.75, 3.05) is 17.7 Å². The second-order valence-electron chi connectivity index (χ2n) is 4.99. The smallest absolute Gasteiger partial charge is 0.262 e. The Kier molecular flexibility index (Phi) is 3.29. The van der Waals surface area contributed by atoms with E-state index < -0.39 is 0 Å². The first kappa shape index (κ1) is 13.5. The lowest BCUT2D eigenvalue weighted by atomic mass is 10.2. The van der Waals surface area contributed by atoms with E-state index in [-0.39, 0.29) is 12.5 Å². The number of nitrogen functional groups attached to an aromatic ring is 1. The van der Waals surface area contributed by atoms with E-state index in [1.165, 1.54) is 0 Å². The number of ether oxygens (including phenoxy) is 1. The number of fused-ring (bicyclic) bond motifs is 1. The van der Waals surface area contributed by atoms with Crippen molar-refractivity contribution in [1.82, 2.24) is 9.78 Å². The maximum absolute atomic E-state index is 11.4. The Morgan fingerprint density at radius 1 is 1.33 bits per heavy atom. The topological polar surface area (TPSA) is 82.2 Å². The summed E-state index contributed by atoms with van der Waals surface area (Å²) in [5, 5.41) is 7.38. The molecule has 21 heavy (non-hydrogen) atoms. The number of nitrogens with zero attached hydrogens (tertiary/aromatic N) is 2. The predicted molar refractivity (Wildman–Crippen MR) is 80.9 cm³/mol. The van der Waals surface area contributed by atoms with E-state index in [4.69, 9.17) is 10.5 Å². The predicted octanol–water partition coefficient (Wildman–Crippen LogP) is 1.91. The molecule has 1 aliphatic heterocycles. The van der Waals surface area contributed by atoms with Crippen LogP contribution in [0.1, 0.15) is 25.2 Å². The molecule has 0 fully saturated rings. The lowest BCUT2D eigenvalue weighted by molar-refractivity contribution is -0.118. The fourth-order valence-corrected chi connectivity index (χ4v) is 2.42. The number of carbonyl (C=O) groups is 1. The molecule has 0 unspecified atom stereocenters. The van der Waals surface area contributed by atoms with Crippen molar-refractivity contribution in [3.63, 3.8) is 0 Å². The summed E-state index contributed by atoms with van der Waals surface area (Å²) in [4.78, 5) is 11.4. The van der Waals surface area contributed by atoms with Crippen molar-refractivity contribution in [2.24, 2.45) is 0 Å². The standard InChI is InChI=1S/C15H18N4O2/c1-3-9-5-10(4-2)19(18-9)13-7-12-14(6-11(13)16)21-8-15(20)17-12/h5-7H,3-4,8,16H2,1-2H3,(H,17,20). The molecule has 0 atom stereocenters. The van der Waals surface area contributed by atoms with Gasteiger partial charge in [-0.3, -0.25) is 4.79 Å². The van der Waals surface area contributed by atoms with E-state index >= 15 is 0 Å². The van der Waals surface area contributed by atoms with Crippen LogP contribution in [0.5, 0.6) is 5.75 Å². The number of nitrogens with one attached hydrogen (secondary N) is 1. The molecule has 1 amide bonds. The van der Waals surface area contributed by atoms with Crippen LogP contribution in [0.4, 0.5) is 11.4 Å². The average Bonchev–Trinajstić information content (AvgIpc) is 2.90. The van der Waals surface area contributed by atoms with Crippen LogP contribution in [0.25, 0.3) is 5.69 Å². The first-order chi connectivity index (χ1) is 10.1. The summed E-state index contributed by atoms with van der Waals surface area (Å²) in [5.41, 5.74) is 10.2. The molecule has 2 heterocycles. The fourth-order valence-electron chi connectivity index (χ4n) is 2.42. The summed E-state index contributed by atoms with van der Waals surface area (Å²) in [6.45, 7) is 4.16. The van der Waals surface area contributed by atoms with Crippen LogP contribution in [0.15, 0.2) is 18.2 Å². The number of rotatable bonds is 3. The third kappa shape index (κ3) is 2.33. The van der Waals surface area contributed by atoms with Crippen LogP contribution >= 0.6 is 0 Å². The van der Waals surface area contributed by atoms with Crippen molar-refractivity contribution in [3.05, 3.63) is 29.6 Å². The zero-order valence-corrected chi connectivity index (χ0v) is 12.1. The van der Waals surface area contributed by atoms with Crippen molar-refractivity contribution >= 4 is 17.3 Å². The molecule has 1 aliphatic rings. The summed E-state index contributed by atoms with van der Waals surface area (Å²) in [6, 6.07) is 5.62. The number of nitrogens with two attached hydrogens (primary N) is 1. The van der Waals surface area contributed by atoms with Crippen molar-refractivity contribution in [1.29, 1.82) is 0 Å². The highest BCUT2D eigenvalue weighted by Gasteiger charge is 2.19. The second kappa shape index (κ2) is 5.12. The monoisotopic (exact) mass is 286 g/mol. The van der Waals surface area contributed by atoms with Gasteiger partial charge >= 0.3 is 0 Å². The van der Waals surface area contributed by atoms with Crippen LogP contribution in [-0.2, 0) is 17.6 Å². The number of anilines is 2. The zero-order valence-electron chi connectivity index (χ0n) is 12.1. The summed E-state index contributed by atoms with van der Waals surface area (Å²) in [6.07, 6.45) is 1.72. The number of aryl methyl sites for hydroxylation is 2. The van der Waals surface area contributed by atoms with E-state index in [0.29, 0.717) is 17.1 Å². The lowest BCUT2D eigenvalue weighted by Gasteiger charge is -2.20. The van der Waals surface area contributed by atoms with Gasteiger partial charge in [0.25, 0.3) is 5.91 Å². The molecular formula is C15H18N4O2. The summed E-state index contributed by atoms with van der Waals surface area (Å²) >= 11 is 0. The SMILES string of the molecule is CCc1cc(CC)n(-c2cc3c(cc2N)OCC(=O)N3)n1. The molecule has 1 aromatic heterocycles. The maximum atomic E-state index is 11.4. The molecule has 110 valence electrons. The minimum atomic E-state index is -0.163. The molecule has 6 nitrogen and oxygen atoms in total. The van der Waals surface area contributed by atoms with Gasteiger partial charge in [0.15, 0.2) is 6.61 Å². The van der Waals surface area contributed by atoms with Crippen molar-refractivity contribution < 1.29 is 9.53 Å². The quantitative estimate of drug-likeness (QED) is 0.844. The molecule has 3 N–H and O–H groups in total. The Labute approximate surface area is 122 Å². The highest BCUT2D eigenvalue weighted by molar-refractivity contribution is 5.96. The van der Waals surface area contributed by atoms with Gasteiger partial charge in [0.2, 0.25) is 0 Å². The van der Waals surface area contributed by atoms with E-state index in [1.54, 1.807) is 6.07 Å². The van der Waals surface area contributed by atoms with Gasteiger partial charge in [-0.05, 0) is 25.0 Å². The van der Waals surface area contributed by atoms with E-state index in [1.807, 2.05) is 10.7 Å². The fraction of sp³-hybridized carbons (Fsp3) is 0.333. The molecule has 0 saturated heterocycles. The normalized spacial score (nSPS) is 13.5. The second-order valence-corrected chi connectivity index (χ2v) is 4.99. The number of hydrogen-bond acceptors (Lipinski definition) is 4. The molecule has 0 bridgehead atoms. The summed E-state index contributed by atoms with van der Waals surface area (Å²) in [5.74, 6) is 0.431. The van der Waals surface area contributed by atoms with E-state index in [0.717, 1.165) is 29.9 Å². The zero-order chi connectivity index (χ0) is 15.0. The molecular weight excluding hydrogens is 268 g/mol. The molecule has 6 heteroatoms. The third-order valence-corrected chi connectivity index (χ3v) is 3.55. The Bertz CT molecular complexity index is 706. The van der Waals surface area contributed by atoms with Gasteiger partial charge in [0.1, 0.15) is 5.75 Å². The third-order valence-electron chi connectivity index (χ3n) is 3.55. The molecule has 0 aliphatic carbocycles. The van der Waals surface area contributed by atoms with Gasteiger partial charge in [-0.1, -0.05) is 13.8 Å². The van der Waals surface area contributed by atoms with Crippen molar-refractivity contribution in [3.8, 4) is 11.4 Å². The van der Waals surface area contributed by atoms with Crippen LogP contribution in [0.3, 0.4) is 0 Å². The Morgan fingerprint density at radius 2 is 2.14 bits per heavy atom. The lowest BCUT2D eigenvalue weighted by Crippen LogP contribution is -2.25. The first-order valence-electron chi connectivity index (χ1n) is 7.06. The number of aromatic nitrogens is 2. The van der Waals surface area contributed by atoms with E-state index in [2.05, 4.69) is 30.3 Å². The van der Waals surface area contributed by atoms with Gasteiger partial charge in [0, 0.05) is 11.8 Å². The van der Waals surface area contributed by atoms with Crippen LogP contribution in [0.2, 0.25) is 0 Å². The van der Waals surface area contributed by atoms with Gasteiger partial charge in [-0.25, -0.2) is 4.68 Å². The molecule has 1 aromatic carbocycles. The Morgan fingerprint density at radius 3 is 2.86 bits per heavy atom. The van der Waals surface area contributed by atoms with Crippen LogP contribution in [-0.4, -0.2) is 22.3 Å². The van der Waals surface area contributed by atoms with Gasteiger partial charge in [-0.15, -0.1) is 0 Å². The molecule has 0 radical (unpaired) electrons. The van der Waals surface area contributed by atoms with Gasteiger partial charge < -0.3 is 15.8 Å². The van der Waals surface area contributed by atoms with Gasteiger partial charge in [0.05, 0.1) is 22.8 Å². The van der Waals surface area contributed by atoms with Crippen LogP contribution in [0, 0.1) is 0 Å². The number of hydrogen-bond donors (Lipinski definition) is 2. The highest BCUT2D eigenvalue weighted by atomic mass is 16.5. The summed E-state index contributed by atoms with van der Waals surface area (Å²) < 4.78 is 7.21. The first-order valence-corrected chi connectivity index (χ1v) is 7.06. The Balaban J connectivity index is 2.12. The minimum absolute atomic E-state index is 0.0216. The number of benzene rings is 1. The largest absolute Gasteiger partial charge is 0.482 e. The van der Waals surface area contributed by atoms with Gasteiger partial charge in [-0.2, -0.15) is 5.10 Å². The minimum Gasteiger partial charge on any atom is -0.482 e. The van der Waals surface area contributed by atoms with E-state index in [9.17, 15) is 4.79 Å². The van der Waals surface area contributed by atoms with Crippen molar-refractivity contribution in [2.45, 2.75) is 26.7 Å². The summed E-state index contributed by atoms with van der Waals surface area (Å²) in [7, 11) is 0. The molecule has 3 rings (SSSR count). The number of amides is 1. The molecule has 0 saturated carbocycles. The van der Waals surface area contributed by atoms with Crippen LogP contribution < -0.4 is 15.8 Å². The molecule has 2 aromatic rings. The Hall–Kier alpha value is -2.50. The average molecular weight is 286 g/mol. The maximum Gasteiger partial charge on any atom is 0.262 e.